The van der Waals surface area contributed by atoms with Gasteiger partial charge in [-0.1, -0.05) is 0 Å². The van der Waals surface area contributed by atoms with E-state index >= 15 is 0 Å². The van der Waals surface area contributed by atoms with Crippen LogP contribution >= 0.6 is 0 Å². The molecule has 1 aromatic heterocycles. The zero-order chi connectivity index (χ0) is 22.9. The first-order valence-electron chi connectivity index (χ1n) is 7.64. The van der Waals surface area contributed by atoms with Gasteiger partial charge in [-0.3, -0.25) is 14.5 Å². The van der Waals surface area contributed by atoms with Crippen LogP contribution in [0.5, 0.6) is 0 Å². The van der Waals surface area contributed by atoms with Crippen molar-refractivity contribution in [3.8, 4) is 11.4 Å². The van der Waals surface area contributed by atoms with Crippen LogP contribution in [-0.2, 0) is 20.9 Å². The third kappa shape index (κ3) is 8.96. The Morgan fingerprint density at radius 2 is 1.43 bits per heavy atom. The number of aromatic nitrogens is 4. The minimum absolute atomic E-state index is 0.0585. The summed E-state index contributed by atoms with van der Waals surface area (Å²) in [4.78, 5) is 31.6. The molecule has 0 amide bonds. The van der Waals surface area contributed by atoms with Gasteiger partial charge in [0.25, 0.3) is 0 Å². The van der Waals surface area contributed by atoms with E-state index in [4.69, 9.17) is 20.1 Å². The zero-order valence-electron chi connectivity index (χ0n) is 14.7. The lowest BCUT2D eigenvalue weighted by molar-refractivity contribution is -0.192. The second-order valence-electron chi connectivity index (χ2n) is 5.45. The number of hydrogen-bond acceptors (Lipinski definition) is 8. The standard InChI is InChI=1S/C13H12FN5O4.C2HF3O2/c14-10-2-8(4-19(5-11(20)21)6-12(22)23)1-9(3-10)13-17-15-7-16-18-13;3-2(4,5)1(6)7/h1-3,7H,4-6H2,(H,20,21)(H,22,23);(H,6,7). The van der Waals surface area contributed by atoms with Crippen LogP contribution in [-0.4, -0.2) is 77.8 Å². The minimum atomic E-state index is -5.08. The molecule has 0 saturated heterocycles. The second-order valence-corrected chi connectivity index (χ2v) is 5.45. The fourth-order valence-corrected chi connectivity index (χ4v) is 2.00. The Balaban J connectivity index is 0.000000553. The van der Waals surface area contributed by atoms with Crippen LogP contribution in [0, 0.1) is 5.82 Å². The molecule has 3 N–H and O–H groups in total. The van der Waals surface area contributed by atoms with Crippen molar-refractivity contribution in [3.63, 3.8) is 0 Å². The number of rotatable bonds is 7. The van der Waals surface area contributed by atoms with Gasteiger partial charge in [0.1, 0.15) is 5.82 Å². The fraction of sp³-hybridized carbons (Fsp3) is 0.267. The number of hydrogen-bond donors (Lipinski definition) is 3. The van der Waals surface area contributed by atoms with Gasteiger partial charge in [-0.25, -0.2) is 9.18 Å². The number of carbonyl (C=O) groups is 3. The van der Waals surface area contributed by atoms with Gasteiger partial charge in [0, 0.05) is 12.1 Å². The third-order valence-corrected chi connectivity index (χ3v) is 2.99. The van der Waals surface area contributed by atoms with Crippen molar-refractivity contribution in [1.29, 1.82) is 0 Å². The van der Waals surface area contributed by atoms with Crippen LogP contribution in [0.2, 0.25) is 0 Å². The molecule has 0 aliphatic carbocycles. The summed E-state index contributed by atoms with van der Waals surface area (Å²) in [6.45, 7) is -1.02. The second kappa shape index (κ2) is 10.7. The first-order chi connectivity index (χ1) is 13.9. The molecule has 0 fully saturated rings. The summed E-state index contributed by atoms with van der Waals surface area (Å²) in [5.74, 6) is -5.59. The summed E-state index contributed by atoms with van der Waals surface area (Å²) in [6, 6.07) is 3.89. The van der Waals surface area contributed by atoms with Crippen LogP contribution in [0.4, 0.5) is 17.6 Å². The number of benzene rings is 1. The molecule has 0 spiro atoms. The van der Waals surface area contributed by atoms with Crippen molar-refractivity contribution >= 4 is 17.9 Å². The summed E-state index contributed by atoms with van der Waals surface area (Å²) in [5, 5.41) is 39.3. The monoisotopic (exact) mass is 435 g/mol. The van der Waals surface area contributed by atoms with Gasteiger partial charge in [-0.05, 0) is 23.8 Å². The molecule has 0 saturated carbocycles. The Morgan fingerprint density at radius 3 is 1.87 bits per heavy atom. The van der Waals surface area contributed by atoms with Gasteiger partial charge in [0.05, 0.1) is 13.1 Å². The molecule has 0 radical (unpaired) electrons. The van der Waals surface area contributed by atoms with Crippen LogP contribution in [0.25, 0.3) is 11.4 Å². The molecular weight excluding hydrogens is 422 g/mol. The molecule has 0 bridgehead atoms. The first kappa shape index (κ1) is 24.3. The third-order valence-electron chi connectivity index (χ3n) is 2.99. The average molecular weight is 435 g/mol. The van der Waals surface area contributed by atoms with Gasteiger partial charge in [0.15, 0.2) is 6.33 Å². The molecule has 162 valence electrons. The lowest BCUT2D eigenvalue weighted by Crippen LogP contribution is -2.34. The van der Waals surface area contributed by atoms with Crippen molar-refractivity contribution in [2.24, 2.45) is 0 Å². The molecule has 0 atom stereocenters. The van der Waals surface area contributed by atoms with E-state index in [1.807, 2.05) is 0 Å². The molecule has 11 nitrogen and oxygen atoms in total. The number of alkyl halides is 3. The molecular formula is C15H13F4N5O6. The topological polar surface area (TPSA) is 167 Å². The highest BCUT2D eigenvalue weighted by molar-refractivity contribution is 5.73. The Kier molecular flexibility index (Phi) is 8.66. The van der Waals surface area contributed by atoms with Crippen molar-refractivity contribution in [3.05, 3.63) is 35.9 Å². The van der Waals surface area contributed by atoms with Gasteiger partial charge in [-0.15, -0.1) is 20.4 Å². The summed E-state index contributed by atoms with van der Waals surface area (Å²) in [5.41, 5.74) is 0.696. The Hall–Kier alpha value is -3.75. The summed E-state index contributed by atoms with van der Waals surface area (Å²) in [6.07, 6.45) is -3.95. The number of carboxylic acids is 3. The summed E-state index contributed by atoms with van der Waals surface area (Å²) >= 11 is 0. The minimum Gasteiger partial charge on any atom is -0.480 e. The fourth-order valence-electron chi connectivity index (χ4n) is 2.00. The molecule has 2 aromatic rings. The van der Waals surface area contributed by atoms with E-state index in [0.717, 1.165) is 11.2 Å². The van der Waals surface area contributed by atoms with Crippen molar-refractivity contribution in [2.45, 2.75) is 12.7 Å². The molecule has 1 heterocycles. The molecule has 0 aliphatic heterocycles. The Bertz CT molecular complexity index is 881. The quantitative estimate of drug-likeness (QED) is 0.523. The zero-order valence-corrected chi connectivity index (χ0v) is 14.7. The van der Waals surface area contributed by atoms with E-state index in [0.29, 0.717) is 11.1 Å². The molecule has 15 heteroatoms. The van der Waals surface area contributed by atoms with Crippen LogP contribution in [0.15, 0.2) is 24.5 Å². The van der Waals surface area contributed by atoms with Crippen molar-refractivity contribution in [1.82, 2.24) is 25.3 Å². The summed E-state index contributed by atoms with van der Waals surface area (Å²) in [7, 11) is 0. The number of carboxylic acid groups (broad SMARTS) is 3. The highest BCUT2D eigenvalue weighted by Crippen LogP contribution is 2.18. The molecule has 30 heavy (non-hydrogen) atoms. The smallest absolute Gasteiger partial charge is 0.480 e. The van der Waals surface area contributed by atoms with E-state index in [2.05, 4.69) is 20.4 Å². The number of aliphatic carboxylic acids is 3. The van der Waals surface area contributed by atoms with Gasteiger partial charge in [-0.2, -0.15) is 13.2 Å². The Labute approximate surface area is 164 Å². The van der Waals surface area contributed by atoms with E-state index in [-0.39, 0.29) is 12.4 Å². The van der Waals surface area contributed by atoms with Crippen LogP contribution < -0.4 is 0 Å². The predicted octanol–water partition coefficient (Wildman–Crippen LogP) is 0.677. The van der Waals surface area contributed by atoms with Crippen molar-refractivity contribution in [2.75, 3.05) is 13.1 Å². The lowest BCUT2D eigenvalue weighted by atomic mass is 10.1. The highest BCUT2D eigenvalue weighted by Gasteiger charge is 2.38. The van der Waals surface area contributed by atoms with E-state index in [1.54, 1.807) is 0 Å². The first-order valence-corrected chi connectivity index (χ1v) is 7.64. The van der Waals surface area contributed by atoms with E-state index in [9.17, 15) is 27.2 Å². The molecule has 1 aromatic carbocycles. The average Bonchev–Trinajstić information content (AvgIpc) is 2.60. The van der Waals surface area contributed by atoms with Gasteiger partial charge < -0.3 is 15.3 Å². The predicted molar refractivity (Wildman–Crippen MR) is 87.3 cm³/mol. The maximum atomic E-state index is 13.7. The maximum Gasteiger partial charge on any atom is 0.490 e. The molecule has 0 unspecified atom stereocenters. The van der Waals surface area contributed by atoms with E-state index < -0.39 is 43.0 Å². The van der Waals surface area contributed by atoms with Crippen LogP contribution in [0.3, 0.4) is 0 Å². The normalized spacial score (nSPS) is 10.8. The van der Waals surface area contributed by atoms with Gasteiger partial charge >= 0.3 is 24.1 Å². The number of nitrogens with zero attached hydrogens (tertiary/aromatic N) is 5. The Morgan fingerprint density at radius 1 is 0.933 bits per heavy atom. The van der Waals surface area contributed by atoms with Gasteiger partial charge in [0.2, 0.25) is 5.82 Å². The van der Waals surface area contributed by atoms with Crippen LogP contribution in [0.1, 0.15) is 5.56 Å². The van der Waals surface area contributed by atoms with Crippen molar-refractivity contribution < 1.29 is 47.3 Å². The highest BCUT2D eigenvalue weighted by atomic mass is 19.4. The van der Waals surface area contributed by atoms with E-state index in [1.165, 1.54) is 18.2 Å². The summed E-state index contributed by atoms with van der Waals surface area (Å²) < 4.78 is 45.5. The molecule has 2 rings (SSSR count). The molecule has 0 aliphatic rings. The number of halogens is 4. The SMILES string of the molecule is O=C(O)C(F)(F)F.O=C(O)CN(CC(=O)O)Cc1cc(F)cc(-c2nncnn2)c1. The largest absolute Gasteiger partial charge is 0.490 e. The lowest BCUT2D eigenvalue weighted by Gasteiger charge is -2.18. The maximum absolute atomic E-state index is 13.7.